The van der Waals surface area contributed by atoms with Crippen LogP contribution in [0.15, 0.2) is 118 Å². The lowest BCUT2D eigenvalue weighted by Gasteiger charge is -2.19. The van der Waals surface area contributed by atoms with Crippen molar-refractivity contribution < 1.29 is 0 Å². The van der Waals surface area contributed by atoms with Crippen LogP contribution in [0.3, 0.4) is 0 Å². The fourth-order valence-electron chi connectivity index (χ4n) is 10.3. The number of hydrogen-bond acceptors (Lipinski definition) is 5. The summed E-state index contributed by atoms with van der Waals surface area (Å²) in [4.78, 5) is 29.1. The number of H-pyrrole nitrogens is 3. The summed E-state index contributed by atoms with van der Waals surface area (Å²) >= 11 is 1.77. The minimum Gasteiger partial charge on any atom is -0.358 e. The molecule has 0 bridgehead atoms. The van der Waals surface area contributed by atoms with Crippen LogP contribution in [0.5, 0.6) is 0 Å². The number of fused-ring (bicyclic) bond motifs is 5. The molecule has 486 valence electrons. The van der Waals surface area contributed by atoms with Crippen LogP contribution in [0, 0.1) is 10.8 Å². The second-order valence-electron chi connectivity index (χ2n) is 32.0. The summed E-state index contributed by atoms with van der Waals surface area (Å²) in [5.41, 5.74) is 24.1. The summed E-state index contributed by atoms with van der Waals surface area (Å²) in [5, 5.41) is 6.07. The molecule has 0 amide bonds. The van der Waals surface area contributed by atoms with Crippen molar-refractivity contribution in [2.75, 3.05) is 0 Å². The third-order valence-electron chi connectivity index (χ3n) is 17.1. The minimum absolute atomic E-state index is 0.181. The van der Waals surface area contributed by atoms with E-state index in [4.69, 9.17) is 9.98 Å². The Balaban J connectivity index is 0.000000173. The smallest absolute Gasteiger partial charge is 0.109 e. The fourth-order valence-corrected chi connectivity index (χ4v) is 11.3. The Bertz CT molecular complexity index is 3500. The maximum atomic E-state index is 4.81. The molecule has 0 aliphatic carbocycles. The van der Waals surface area contributed by atoms with Crippen molar-refractivity contribution in [3.05, 3.63) is 175 Å². The monoisotopic (exact) mass is 1230 g/mol. The Morgan fingerprint density at radius 1 is 0.367 bits per heavy atom. The zero-order valence-electron chi connectivity index (χ0n) is 61.1. The van der Waals surface area contributed by atoms with Gasteiger partial charge in [-0.15, -0.1) is 11.3 Å². The van der Waals surface area contributed by atoms with Gasteiger partial charge in [0.1, 0.15) is 5.82 Å². The zero-order valence-corrected chi connectivity index (χ0v) is 61.9. The highest BCUT2D eigenvalue weighted by atomic mass is 32.1. The van der Waals surface area contributed by atoms with Crippen molar-refractivity contribution >= 4 is 67.0 Å². The summed E-state index contributed by atoms with van der Waals surface area (Å²) in [6.45, 7) is 62.2. The van der Waals surface area contributed by atoms with Crippen LogP contribution in [0.1, 0.15) is 308 Å². The first-order valence-corrected chi connectivity index (χ1v) is 34.7. The molecule has 0 unspecified atom stereocenters. The van der Waals surface area contributed by atoms with E-state index in [-0.39, 0.29) is 21.7 Å². The van der Waals surface area contributed by atoms with Crippen LogP contribution in [0.4, 0.5) is 11.4 Å². The number of thiazole rings is 1. The number of aliphatic imine (C=N–C) groups is 2. The number of rotatable bonds is 8. The van der Waals surface area contributed by atoms with Crippen molar-refractivity contribution in [3.8, 4) is 0 Å². The Morgan fingerprint density at radius 3 is 1.09 bits per heavy atom. The fraction of sp³-hybridized carbons (Fsp3) is 0.512. The Labute approximate surface area is 549 Å². The molecule has 0 radical (unpaired) electrons. The number of benzene rings is 5. The van der Waals surface area contributed by atoms with Crippen molar-refractivity contribution in [1.82, 2.24) is 24.9 Å². The van der Waals surface area contributed by atoms with E-state index in [9.17, 15) is 0 Å². The Kier molecular flexibility index (Phi) is 24.2. The van der Waals surface area contributed by atoms with Crippen molar-refractivity contribution in [3.63, 3.8) is 0 Å². The van der Waals surface area contributed by atoms with Gasteiger partial charge < -0.3 is 15.0 Å². The molecule has 2 aliphatic heterocycles. The van der Waals surface area contributed by atoms with Crippen molar-refractivity contribution in [2.24, 2.45) is 20.8 Å². The van der Waals surface area contributed by atoms with E-state index >= 15 is 0 Å². The lowest BCUT2D eigenvalue weighted by Crippen LogP contribution is -2.19. The van der Waals surface area contributed by atoms with Gasteiger partial charge in [-0.25, -0.2) is 9.97 Å². The maximum Gasteiger partial charge on any atom is 0.109 e. The summed E-state index contributed by atoms with van der Waals surface area (Å²) in [6, 6.07) is 37.9. The summed E-state index contributed by atoms with van der Waals surface area (Å²) in [6.07, 6.45) is 2.03. The maximum absolute atomic E-state index is 4.81. The van der Waals surface area contributed by atoms with Crippen LogP contribution < -0.4 is 0 Å². The Hall–Kier alpha value is -6.38. The van der Waals surface area contributed by atoms with Gasteiger partial charge in [-0.2, -0.15) is 0 Å². The molecule has 9 aromatic rings. The Morgan fingerprint density at radius 2 is 0.767 bits per heavy atom. The number of nitrogens with one attached hydrogen (secondary N) is 3. The highest BCUT2D eigenvalue weighted by Crippen LogP contribution is 2.38. The lowest BCUT2D eigenvalue weighted by molar-refractivity contribution is 0.584. The number of hydrogen-bond donors (Lipinski definition) is 3. The topological polar surface area (TPSA) is 97.9 Å². The molecule has 90 heavy (non-hydrogen) atoms. The molecular weight excluding hydrogens is 1120 g/mol. The number of aromatic nitrogens is 5. The number of imidazole rings is 1. The first-order valence-electron chi connectivity index (χ1n) is 33.8. The molecule has 0 fully saturated rings. The van der Waals surface area contributed by atoms with Gasteiger partial charge in [0, 0.05) is 74.7 Å². The second kappa shape index (κ2) is 29.9. The summed E-state index contributed by atoms with van der Waals surface area (Å²) in [5.74, 6) is 5.58. The largest absolute Gasteiger partial charge is 0.358 e. The second-order valence-corrected chi connectivity index (χ2v) is 32.9. The van der Waals surface area contributed by atoms with Crippen LogP contribution in [-0.2, 0) is 23.7 Å². The number of aromatic amines is 3. The third-order valence-corrected chi connectivity index (χ3v) is 18.3. The van der Waals surface area contributed by atoms with E-state index in [0.29, 0.717) is 47.3 Å². The van der Waals surface area contributed by atoms with Gasteiger partial charge in [-0.05, 0) is 145 Å². The van der Waals surface area contributed by atoms with Gasteiger partial charge in [0.15, 0.2) is 0 Å². The van der Waals surface area contributed by atoms with E-state index < -0.39 is 0 Å². The molecule has 0 spiro atoms. The quantitative estimate of drug-likeness (QED) is 0.141. The highest BCUT2D eigenvalue weighted by molar-refractivity contribution is 7.09. The molecule has 7 nitrogen and oxygen atoms in total. The first kappa shape index (κ1) is 72.7. The van der Waals surface area contributed by atoms with Gasteiger partial charge in [0.05, 0.1) is 33.1 Å². The minimum atomic E-state index is 0.181. The molecule has 5 aromatic carbocycles. The van der Waals surface area contributed by atoms with Gasteiger partial charge in [-0.3, -0.25) is 9.98 Å². The van der Waals surface area contributed by atoms with Crippen LogP contribution >= 0.6 is 11.3 Å². The normalized spacial score (nSPS) is 13.3. The average molecular weight is 1230 g/mol. The van der Waals surface area contributed by atoms with Gasteiger partial charge in [0.25, 0.3) is 0 Å². The van der Waals surface area contributed by atoms with Crippen LogP contribution in [-0.4, -0.2) is 36.3 Å². The molecule has 3 N–H and O–H groups in total. The molecule has 4 aromatic heterocycles. The molecule has 0 saturated heterocycles. The van der Waals surface area contributed by atoms with E-state index in [0.717, 1.165) is 29.7 Å². The molecule has 0 saturated carbocycles. The molecule has 6 heterocycles. The van der Waals surface area contributed by atoms with E-state index in [1.807, 2.05) is 0 Å². The van der Waals surface area contributed by atoms with Gasteiger partial charge in [0.2, 0.25) is 0 Å². The molecular formula is C82H117N7S. The summed E-state index contributed by atoms with van der Waals surface area (Å²) < 4.78 is 0. The zero-order chi connectivity index (χ0) is 67.1. The average Bonchev–Trinajstić information content (AvgIpc) is 1.75. The van der Waals surface area contributed by atoms with Crippen LogP contribution in [0.2, 0.25) is 0 Å². The van der Waals surface area contributed by atoms with E-state index in [1.165, 1.54) is 106 Å². The molecule has 11 rings (SSSR count). The lowest BCUT2D eigenvalue weighted by atomic mass is 9.85. The SMILES string of the molecule is CC(C)(C)C1=Nc2cc(C(C)(C)C)ccc2C1.CC(C)(C)C1=Nc2cc(C(C)(C)C)ccc2C1.CC(C)c1ccc2cc(C(C)C)[nH]c2c1.CC(C)c1ccc2cc(C(C)C)[nH]c2c1.CC(C)c1ccc2nc(C(C)C)[nH]c2c1.CC(C)c1csc(C(C)C)n1. The van der Waals surface area contributed by atoms with Gasteiger partial charge >= 0.3 is 0 Å². The van der Waals surface area contributed by atoms with Crippen LogP contribution in [0.25, 0.3) is 32.8 Å². The highest BCUT2D eigenvalue weighted by Gasteiger charge is 2.28. The standard InChI is InChI=1S/2C16H23N.2C14H19N.C13H18N2.C9H15NS/c2*1-15(2,3)12-8-7-11-9-14(16(4,5)6)17-13(11)10-12;2*1-9(2)11-5-6-12-8-13(10(3)4)15-14(12)7-11;1-8(2)10-5-6-11-12(7-10)15-13(14-11)9(3)4;1-6(2)8-5-11-9(10-8)7(3)4/h2*7-8,10H,9H2,1-6H3;2*5-10,15H,1-4H3;5-9H,1-4H3,(H,14,15);5-7H,1-4H3. The molecule has 2 aliphatic rings. The van der Waals surface area contributed by atoms with E-state index in [2.05, 4.69) is 327 Å². The molecule has 8 heteroatoms. The van der Waals surface area contributed by atoms with E-state index in [1.54, 1.807) is 11.3 Å². The van der Waals surface area contributed by atoms with Gasteiger partial charge in [-0.1, -0.05) is 248 Å². The first-order chi connectivity index (χ1) is 41.7. The predicted molar refractivity (Wildman–Crippen MR) is 398 cm³/mol. The third kappa shape index (κ3) is 19.8. The molecule has 0 atom stereocenters. The van der Waals surface area contributed by atoms with Crippen molar-refractivity contribution in [1.29, 1.82) is 0 Å². The summed E-state index contributed by atoms with van der Waals surface area (Å²) in [7, 11) is 0. The number of nitrogens with zero attached hydrogens (tertiary/aromatic N) is 4. The van der Waals surface area contributed by atoms with Crippen molar-refractivity contribution in [2.45, 2.75) is 265 Å². The predicted octanol–water partition coefficient (Wildman–Crippen LogP) is 25.3.